The summed E-state index contributed by atoms with van der Waals surface area (Å²) in [6.07, 6.45) is 3.38. The Balaban J connectivity index is 1.50. The summed E-state index contributed by atoms with van der Waals surface area (Å²) in [4.78, 5) is 32.6. The lowest BCUT2D eigenvalue weighted by atomic mass is 9.98. The highest BCUT2D eigenvalue weighted by Crippen LogP contribution is 2.65. The largest absolute Gasteiger partial charge is 0.467 e. The topological polar surface area (TPSA) is 82.9 Å². The molecule has 4 aliphatic rings. The first-order valence-corrected chi connectivity index (χ1v) is 18.9. The zero-order valence-corrected chi connectivity index (χ0v) is 28.6. The predicted molar refractivity (Wildman–Crippen MR) is 165 cm³/mol. The van der Waals surface area contributed by atoms with Gasteiger partial charge in [-0.25, -0.2) is 19.0 Å². The number of carbonyl (C=O) groups excluding carboxylic acids is 2. The Morgan fingerprint density at radius 2 is 1.74 bits per heavy atom. The Hall–Kier alpha value is -2.17. The molecule has 2 aromatic rings. The maximum absolute atomic E-state index is 16.1. The fourth-order valence-corrected chi connectivity index (χ4v) is 7.85. The Morgan fingerprint density at radius 1 is 1.09 bits per heavy atom. The zero-order chi connectivity index (χ0) is 31.4. The van der Waals surface area contributed by atoms with Crippen LogP contribution in [-0.4, -0.2) is 60.1 Å². The van der Waals surface area contributed by atoms with E-state index >= 15 is 4.39 Å². The van der Waals surface area contributed by atoms with E-state index in [0.29, 0.717) is 18.7 Å². The third-order valence-corrected chi connectivity index (χ3v) is 14.9. The van der Waals surface area contributed by atoms with Crippen LogP contribution in [-0.2, 0) is 25.3 Å². The van der Waals surface area contributed by atoms with Crippen LogP contribution in [0, 0.1) is 17.7 Å². The summed E-state index contributed by atoms with van der Waals surface area (Å²) in [5.74, 6) is -0.943. The van der Waals surface area contributed by atoms with Gasteiger partial charge in [0, 0.05) is 35.5 Å². The van der Waals surface area contributed by atoms with Gasteiger partial charge >= 0.3 is 12.1 Å². The minimum absolute atomic E-state index is 0.00113. The summed E-state index contributed by atoms with van der Waals surface area (Å²) in [6.45, 7) is 17.2. The van der Waals surface area contributed by atoms with E-state index in [9.17, 15) is 9.59 Å². The smallest absolute Gasteiger partial charge is 0.411 e. The molecular formula is C32H45ClFN3O5Si. The SMILES string of the molecule is COC(=O)[C@@H]1[C@@H]2[C@H](CN1C(=O)OC(C)(C)C)[C@H]2c1c(CO[Si](C)(C)C(C)(C)C)n(C2CC2)c2c(F)c(Cl)nc(C3CC3)c12. The molecule has 4 fully saturated rings. The number of carbonyl (C=O) groups is 2. The molecule has 3 saturated carbocycles. The van der Waals surface area contributed by atoms with Gasteiger partial charge in [0.25, 0.3) is 0 Å². The van der Waals surface area contributed by atoms with Crippen molar-refractivity contribution in [1.29, 1.82) is 0 Å². The molecule has 1 aliphatic heterocycles. The van der Waals surface area contributed by atoms with Crippen LogP contribution in [0.4, 0.5) is 9.18 Å². The molecule has 1 saturated heterocycles. The zero-order valence-electron chi connectivity index (χ0n) is 26.8. The molecule has 0 spiro atoms. The highest BCUT2D eigenvalue weighted by atomic mass is 35.5. The first-order valence-electron chi connectivity index (χ1n) is 15.6. The molecule has 8 nitrogen and oxygen atoms in total. The van der Waals surface area contributed by atoms with Crippen LogP contribution in [0.3, 0.4) is 0 Å². The Labute approximate surface area is 259 Å². The van der Waals surface area contributed by atoms with Gasteiger partial charge in [0.2, 0.25) is 0 Å². The summed E-state index contributed by atoms with van der Waals surface area (Å²) in [5.41, 5.74) is 2.68. The monoisotopic (exact) mass is 633 g/mol. The number of ether oxygens (including phenoxy) is 2. The summed E-state index contributed by atoms with van der Waals surface area (Å²) in [6, 6.07) is -0.611. The number of esters is 1. The molecular weight excluding hydrogens is 589 g/mol. The van der Waals surface area contributed by atoms with Crippen LogP contribution in [0.1, 0.15) is 102 Å². The van der Waals surface area contributed by atoms with Gasteiger partial charge in [-0.3, -0.25) is 4.90 Å². The van der Waals surface area contributed by atoms with Gasteiger partial charge in [0.05, 0.1) is 24.9 Å². The van der Waals surface area contributed by atoms with Crippen LogP contribution in [0.2, 0.25) is 23.3 Å². The number of pyridine rings is 1. The molecule has 0 unspecified atom stereocenters. The molecule has 3 aliphatic carbocycles. The highest BCUT2D eigenvalue weighted by Gasteiger charge is 2.67. The highest BCUT2D eigenvalue weighted by molar-refractivity contribution is 6.74. The molecule has 0 bridgehead atoms. The summed E-state index contributed by atoms with van der Waals surface area (Å²) in [5, 5.41) is 0.757. The number of fused-ring (bicyclic) bond motifs is 2. The fourth-order valence-electron chi connectivity index (χ4n) is 6.73. The van der Waals surface area contributed by atoms with E-state index in [1.165, 1.54) is 12.0 Å². The second-order valence-electron chi connectivity index (χ2n) is 15.5. The number of likely N-dealkylation sites (tertiary alicyclic amines) is 1. The number of hydrogen-bond acceptors (Lipinski definition) is 6. The predicted octanol–water partition coefficient (Wildman–Crippen LogP) is 7.68. The number of halogens is 2. The number of amides is 1. The van der Waals surface area contributed by atoms with E-state index in [1.807, 2.05) is 20.8 Å². The second-order valence-corrected chi connectivity index (χ2v) is 20.6. The molecule has 6 rings (SSSR count). The van der Waals surface area contributed by atoms with Crippen LogP contribution in [0.5, 0.6) is 0 Å². The lowest BCUT2D eigenvalue weighted by Gasteiger charge is -2.36. The van der Waals surface area contributed by atoms with Crippen LogP contribution < -0.4 is 0 Å². The normalized spacial score (nSPS) is 25.7. The quantitative estimate of drug-likeness (QED) is 0.177. The van der Waals surface area contributed by atoms with Crippen molar-refractivity contribution in [2.24, 2.45) is 11.8 Å². The van der Waals surface area contributed by atoms with Crippen molar-refractivity contribution in [1.82, 2.24) is 14.5 Å². The Kier molecular flexibility index (Phi) is 7.29. The van der Waals surface area contributed by atoms with E-state index < -0.39 is 37.8 Å². The van der Waals surface area contributed by atoms with Crippen molar-refractivity contribution in [3.63, 3.8) is 0 Å². The van der Waals surface area contributed by atoms with Gasteiger partial charge in [-0.05, 0) is 82.0 Å². The molecule has 0 aromatic carbocycles. The van der Waals surface area contributed by atoms with Gasteiger partial charge in [-0.15, -0.1) is 0 Å². The molecule has 236 valence electrons. The average molecular weight is 634 g/mol. The minimum Gasteiger partial charge on any atom is -0.467 e. The number of aromatic nitrogens is 2. The molecule has 43 heavy (non-hydrogen) atoms. The molecule has 4 atom stereocenters. The van der Waals surface area contributed by atoms with Gasteiger partial charge in [-0.1, -0.05) is 32.4 Å². The van der Waals surface area contributed by atoms with E-state index in [4.69, 9.17) is 25.5 Å². The van der Waals surface area contributed by atoms with Crippen molar-refractivity contribution in [3.8, 4) is 0 Å². The van der Waals surface area contributed by atoms with Gasteiger partial charge < -0.3 is 18.5 Å². The molecule has 1 amide bonds. The summed E-state index contributed by atoms with van der Waals surface area (Å²) < 4.78 is 36.0. The molecule has 2 aromatic heterocycles. The molecule has 3 heterocycles. The van der Waals surface area contributed by atoms with Crippen molar-refractivity contribution in [3.05, 3.63) is 27.9 Å². The third kappa shape index (κ3) is 5.29. The van der Waals surface area contributed by atoms with Crippen LogP contribution >= 0.6 is 11.6 Å². The maximum atomic E-state index is 16.1. The van der Waals surface area contributed by atoms with Gasteiger partial charge in [-0.2, -0.15) is 0 Å². The van der Waals surface area contributed by atoms with E-state index in [-0.39, 0.29) is 39.9 Å². The molecule has 11 heteroatoms. The van der Waals surface area contributed by atoms with Crippen molar-refractivity contribution in [2.45, 2.75) is 121 Å². The number of nitrogens with zero attached hydrogens (tertiary/aromatic N) is 3. The van der Waals surface area contributed by atoms with Crippen LogP contribution in [0.25, 0.3) is 10.9 Å². The second kappa shape index (κ2) is 10.2. The first kappa shape index (κ1) is 30.8. The number of methoxy groups -OCH3 is 1. The van der Waals surface area contributed by atoms with E-state index in [2.05, 4.69) is 43.4 Å². The van der Waals surface area contributed by atoms with Gasteiger partial charge in [0.1, 0.15) is 11.6 Å². The summed E-state index contributed by atoms with van der Waals surface area (Å²) >= 11 is 6.47. The average Bonchev–Trinajstić information content (AvgIpc) is 3.82. The summed E-state index contributed by atoms with van der Waals surface area (Å²) in [7, 11) is -0.814. The fraction of sp³-hybridized carbons (Fsp3) is 0.719. The number of rotatable bonds is 7. The lowest BCUT2D eigenvalue weighted by molar-refractivity contribution is -0.146. The molecule has 0 radical (unpaired) electrons. The standard InChI is InChI=1S/C32H45ClFN3O5Si/c1-31(2,3)42-30(39)36-14-18-20(21(18)27(36)29(38)40-7)22-19(15-41-43(8,9)32(4,5)6)37(17-12-13-17)26-23(22)25(16-10-11-16)35-28(33)24(26)34/h16-18,20-21,27H,10-15H2,1-9H3/t18-,20-,21-,27+/m1/s1. The van der Waals surface area contributed by atoms with Crippen molar-refractivity contribution < 1.29 is 27.9 Å². The van der Waals surface area contributed by atoms with E-state index in [1.54, 1.807) is 0 Å². The van der Waals surface area contributed by atoms with Gasteiger partial charge in [0.15, 0.2) is 19.3 Å². The number of piperidine rings is 1. The third-order valence-electron chi connectivity index (χ3n) is 10.2. The Morgan fingerprint density at radius 3 is 2.28 bits per heavy atom. The van der Waals surface area contributed by atoms with Crippen LogP contribution in [0.15, 0.2) is 0 Å². The van der Waals surface area contributed by atoms with E-state index in [0.717, 1.165) is 48.0 Å². The maximum Gasteiger partial charge on any atom is 0.411 e. The number of hydrogen-bond donors (Lipinski definition) is 0. The lowest BCUT2D eigenvalue weighted by Crippen LogP contribution is -2.46. The van der Waals surface area contributed by atoms with Crippen molar-refractivity contribution in [2.75, 3.05) is 13.7 Å². The first-order chi connectivity index (χ1) is 20.0. The molecule has 0 N–H and O–H groups in total. The van der Waals surface area contributed by atoms with Crippen molar-refractivity contribution >= 4 is 42.9 Å². The Bertz CT molecular complexity index is 1490. The minimum atomic E-state index is -2.17.